The van der Waals surface area contributed by atoms with Gasteiger partial charge in [-0.25, -0.2) is 0 Å². The van der Waals surface area contributed by atoms with Crippen LogP contribution >= 0.6 is 0 Å². The summed E-state index contributed by atoms with van der Waals surface area (Å²) in [6, 6.07) is 7.66. The number of anilines is 2. The van der Waals surface area contributed by atoms with Gasteiger partial charge in [-0.2, -0.15) is 5.10 Å². The van der Waals surface area contributed by atoms with E-state index in [0.717, 1.165) is 11.3 Å². The molecule has 6 nitrogen and oxygen atoms in total. The Labute approximate surface area is 105 Å². The Balaban J connectivity index is 2.00. The minimum absolute atomic E-state index is 0.318. The molecule has 2 rings (SSSR count). The Morgan fingerprint density at radius 2 is 2.00 bits per heavy atom. The van der Waals surface area contributed by atoms with Crippen LogP contribution in [0.25, 0.3) is 0 Å². The number of hydrazine groups is 1. The summed E-state index contributed by atoms with van der Waals surface area (Å²) in [5.74, 6) is 0.0133. The van der Waals surface area contributed by atoms with E-state index in [9.17, 15) is 4.79 Å². The zero-order chi connectivity index (χ0) is 13.1. The minimum Gasteiger partial charge on any atom is -0.383 e. The molecule has 1 amide bonds. The second kappa shape index (κ2) is 4.79. The van der Waals surface area contributed by atoms with Crippen LogP contribution in [-0.2, 0) is 7.05 Å². The van der Waals surface area contributed by atoms with E-state index in [1.807, 2.05) is 31.2 Å². The van der Waals surface area contributed by atoms with Crippen molar-refractivity contribution in [2.75, 3.05) is 11.2 Å². The van der Waals surface area contributed by atoms with Gasteiger partial charge in [0.2, 0.25) is 0 Å². The number of hydrogen-bond acceptors (Lipinski definition) is 4. The Bertz CT molecular complexity index is 558. The molecule has 0 spiro atoms. The number of hydrogen-bond donors (Lipinski definition) is 3. The molecule has 0 aliphatic heterocycles. The van der Waals surface area contributed by atoms with E-state index < -0.39 is 0 Å². The molecule has 0 bridgehead atoms. The molecule has 94 valence electrons. The monoisotopic (exact) mass is 245 g/mol. The number of nitrogens with zero attached hydrogens (tertiary/aromatic N) is 2. The van der Waals surface area contributed by atoms with Gasteiger partial charge >= 0.3 is 0 Å². The molecule has 6 heteroatoms. The van der Waals surface area contributed by atoms with Gasteiger partial charge in [-0.3, -0.25) is 20.3 Å². The highest BCUT2D eigenvalue weighted by molar-refractivity contribution is 5.98. The molecule has 0 aliphatic rings. The predicted octanol–water partition coefficient (Wildman–Crippen LogP) is 1.07. The van der Waals surface area contributed by atoms with Gasteiger partial charge in [0.1, 0.15) is 11.4 Å². The van der Waals surface area contributed by atoms with Crippen molar-refractivity contribution in [1.29, 1.82) is 0 Å². The summed E-state index contributed by atoms with van der Waals surface area (Å²) in [4.78, 5) is 11.8. The number of nitrogens with one attached hydrogen (secondary N) is 2. The topological polar surface area (TPSA) is 85.0 Å². The molecule has 0 fully saturated rings. The number of rotatable bonds is 3. The lowest BCUT2D eigenvalue weighted by molar-refractivity contribution is 0.0963. The van der Waals surface area contributed by atoms with E-state index >= 15 is 0 Å². The van der Waals surface area contributed by atoms with Crippen LogP contribution in [0.1, 0.15) is 15.9 Å². The number of aromatic nitrogens is 2. The highest BCUT2D eigenvalue weighted by Gasteiger charge is 2.12. The average Bonchev–Trinajstić information content (AvgIpc) is 2.69. The number of nitrogens with two attached hydrogens (primary N) is 1. The van der Waals surface area contributed by atoms with Crippen molar-refractivity contribution in [3.63, 3.8) is 0 Å². The third-order valence-corrected chi connectivity index (χ3v) is 2.60. The molecule has 0 saturated carbocycles. The molecule has 0 radical (unpaired) electrons. The lowest BCUT2D eigenvalue weighted by Crippen LogP contribution is -2.29. The van der Waals surface area contributed by atoms with Crippen molar-refractivity contribution < 1.29 is 4.79 Å². The molecule has 0 saturated heterocycles. The van der Waals surface area contributed by atoms with E-state index in [0.29, 0.717) is 11.4 Å². The van der Waals surface area contributed by atoms with Crippen molar-refractivity contribution in [2.24, 2.45) is 7.05 Å². The summed E-state index contributed by atoms with van der Waals surface area (Å²) in [6.07, 6.45) is 1.43. The summed E-state index contributed by atoms with van der Waals surface area (Å²) in [5.41, 5.74) is 13.4. The zero-order valence-electron chi connectivity index (χ0n) is 10.3. The molecule has 18 heavy (non-hydrogen) atoms. The van der Waals surface area contributed by atoms with Crippen LogP contribution in [0.4, 0.5) is 11.5 Å². The molecule has 1 aromatic heterocycles. The SMILES string of the molecule is Cc1ccc(NNC(=O)c2cnn(C)c2N)cc1. The first-order valence-electron chi connectivity index (χ1n) is 5.48. The van der Waals surface area contributed by atoms with E-state index in [4.69, 9.17) is 5.73 Å². The fraction of sp³-hybridized carbons (Fsp3) is 0.167. The highest BCUT2D eigenvalue weighted by atomic mass is 16.2. The Morgan fingerprint density at radius 1 is 1.33 bits per heavy atom. The molecule has 1 aromatic carbocycles. The highest BCUT2D eigenvalue weighted by Crippen LogP contribution is 2.10. The van der Waals surface area contributed by atoms with Gasteiger partial charge in [0.15, 0.2) is 0 Å². The average molecular weight is 245 g/mol. The quantitative estimate of drug-likeness (QED) is 0.706. The summed E-state index contributed by atoms with van der Waals surface area (Å²) in [5, 5.41) is 3.91. The van der Waals surface area contributed by atoms with Crippen LogP contribution < -0.4 is 16.6 Å². The number of nitrogen functional groups attached to an aromatic ring is 1. The van der Waals surface area contributed by atoms with Gasteiger partial charge in [0, 0.05) is 7.05 Å². The fourth-order valence-corrected chi connectivity index (χ4v) is 1.46. The second-order valence-corrected chi connectivity index (χ2v) is 4.01. The zero-order valence-corrected chi connectivity index (χ0v) is 10.3. The first-order valence-corrected chi connectivity index (χ1v) is 5.48. The smallest absolute Gasteiger partial charge is 0.274 e. The standard InChI is InChI=1S/C12H15N5O/c1-8-3-5-9(6-4-8)15-16-12(18)10-7-14-17(2)11(10)13/h3-7,15H,13H2,1-2H3,(H,16,18). The van der Waals surface area contributed by atoms with Gasteiger partial charge < -0.3 is 5.73 Å². The number of aryl methyl sites for hydroxylation is 2. The van der Waals surface area contributed by atoms with Gasteiger partial charge in [-0.15, -0.1) is 0 Å². The number of carbonyl (C=O) groups excluding carboxylic acids is 1. The lowest BCUT2D eigenvalue weighted by atomic mass is 10.2. The van der Waals surface area contributed by atoms with Gasteiger partial charge in [-0.1, -0.05) is 17.7 Å². The summed E-state index contributed by atoms with van der Waals surface area (Å²) >= 11 is 0. The molecule has 2 aromatic rings. The van der Waals surface area contributed by atoms with Crippen molar-refractivity contribution in [3.05, 3.63) is 41.6 Å². The Morgan fingerprint density at radius 3 is 2.56 bits per heavy atom. The Kier molecular flexibility index (Phi) is 3.18. The van der Waals surface area contributed by atoms with Gasteiger partial charge in [-0.05, 0) is 19.1 Å². The van der Waals surface area contributed by atoms with Crippen LogP contribution in [0.5, 0.6) is 0 Å². The molecular formula is C12H15N5O. The summed E-state index contributed by atoms with van der Waals surface area (Å²) in [7, 11) is 1.68. The van der Waals surface area contributed by atoms with E-state index in [2.05, 4.69) is 16.0 Å². The van der Waals surface area contributed by atoms with E-state index in [-0.39, 0.29) is 5.91 Å². The second-order valence-electron chi connectivity index (χ2n) is 4.01. The molecule has 0 unspecified atom stereocenters. The first kappa shape index (κ1) is 12.0. The predicted molar refractivity (Wildman–Crippen MR) is 69.9 cm³/mol. The lowest BCUT2D eigenvalue weighted by Gasteiger charge is -2.08. The molecule has 1 heterocycles. The molecule has 4 N–H and O–H groups in total. The van der Waals surface area contributed by atoms with Crippen LogP contribution in [-0.4, -0.2) is 15.7 Å². The third kappa shape index (κ3) is 2.42. The molecule has 0 atom stereocenters. The van der Waals surface area contributed by atoms with Crippen LogP contribution in [0.2, 0.25) is 0 Å². The van der Waals surface area contributed by atoms with Crippen molar-refractivity contribution in [2.45, 2.75) is 6.92 Å². The Hall–Kier alpha value is -2.50. The van der Waals surface area contributed by atoms with Gasteiger partial charge in [0.05, 0.1) is 11.9 Å². The van der Waals surface area contributed by atoms with Crippen molar-refractivity contribution >= 4 is 17.4 Å². The fourth-order valence-electron chi connectivity index (χ4n) is 1.46. The van der Waals surface area contributed by atoms with Crippen molar-refractivity contribution in [3.8, 4) is 0 Å². The summed E-state index contributed by atoms with van der Waals surface area (Å²) in [6.45, 7) is 2.00. The molecular weight excluding hydrogens is 230 g/mol. The van der Waals surface area contributed by atoms with E-state index in [1.54, 1.807) is 7.05 Å². The number of carbonyl (C=O) groups is 1. The third-order valence-electron chi connectivity index (χ3n) is 2.60. The number of amides is 1. The van der Waals surface area contributed by atoms with E-state index in [1.165, 1.54) is 10.9 Å². The van der Waals surface area contributed by atoms with Crippen LogP contribution in [0, 0.1) is 6.92 Å². The minimum atomic E-state index is -0.318. The number of benzene rings is 1. The maximum atomic E-state index is 11.8. The summed E-state index contributed by atoms with van der Waals surface area (Å²) < 4.78 is 1.45. The van der Waals surface area contributed by atoms with Crippen molar-refractivity contribution in [1.82, 2.24) is 15.2 Å². The maximum absolute atomic E-state index is 11.8. The van der Waals surface area contributed by atoms with Crippen LogP contribution in [0.15, 0.2) is 30.5 Å². The maximum Gasteiger partial charge on any atom is 0.274 e. The first-order chi connectivity index (χ1) is 8.58. The normalized spacial score (nSPS) is 10.1. The van der Waals surface area contributed by atoms with Gasteiger partial charge in [0.25, 0.3) is 5.91 Å². The molecule has 0 aliphatic carbocycles. The largest absolute Gasteiger partial charge is 0.383 e. The van der Waals surface area contributed by atoms with Crippen LogP contribution in [0.3, 0.4) is 0 Å².